The van der Waals surface area contributed by atoms with Gasteiger partial charge in [0.2, 0.25) is 0 Å². The summed E-state index contributed by atoms with van der Waals surface area (Å²) in [4.78, 5) is 18.5. The molecule has 3 nitrogen and oxygen atoms in total. The highest BCUT2D eigenvalue weighted by molar-refractivity contribution is 7.20. The van der Waals surface area contributed by atoms with E-state index in [9.17, 15) is 9.18 Å². The van der Waals surface area contributed by atoms with Crippen molar-refractivity contribution in [3.05, 3.63) is 56.8 Å². The Morgan fingerprint density at radius 2 is 2.00 bits per heavy atom. The maximum atomic E-state index is 13.2. The van der Waals surface area contributed by atoms with Gasteiger partial charge in [-0.1, -0.05) is 11.6 Å². The Kier molecular flexibility index (Phi) is 4.08. The monoisotopic (exact) mass is 348 g/mol. The molecule has 0 atom stereocenters. The number of thiophene rings is 1. The Bertz CT molecular complexity index is 936. The number of nitrogens with one attached hydrogen (secondary N) is 1. The molecule has 2 heterocycles. The van der Waals surface area contributed by atoms with E-state index < -0.39 is 5.82 Å². The second kappa shape index (κ2) is 5.91. The molecule has 0 bridgehead atoms. The van der Waals surface area contributed by atoms with E-state index in [-0.39, 0.29) is 10.9 Å². The van der Waals surface area contributed by atoms with Gasteiger partial charge in [0.15, 0.2) is 0 Å². The number of aromatic nitrogens is 1. The largest absolute Gasteiger partial charge is 0.321 e. The van der Waals surface area contributed by atoms with Crippen LogP contribution in [0.15, 0.2) is 24.3 Å². The van der Waals surface area contributed by atoms with Crippen LogP contribution < -0.4 is 5.32 Å². The first-order chi connectivity index (χ1) is 10.9. The zero-order valence-electron chi connectivity index (χ0n) is 12.8. The molecule has 0 unspecified atom stereocenters. The second-order valence-corrected chi connectivity index (χ2v) is 6.81. The van der Waals surface area contributed by atoms with Gasteiger partial charge in [-0.15, -0.1) is 11.3 Å². The lowest BCUT2D eigenvalue weighted by Crippen LogP contribution is -2.11. The highest BCUT2D eigenvalue weighted by atomic mass is 35.5. The number of aryl methyl sites for hydroxylation is 3. The Labute approximate surface area is 142 Å². The van der Waals surface area contributed by atoms with Crippen molar-refractivity contribution >= 4 is 44.7 Å². The third-order valence-corrected chi connectivity index (χ3v) is 5.08. The van der Waals surface area contributed by atoms with E-state index in [1.807, 2.05) is 26.8 Å². The van der Waals surface area contributed by atoms with Crippen LogP contribution in [-0.2, 0) is 0 Å². The number of halogens is 2. The zero-order chi connectivity index (χ0) is 16.7. The molecule has 0 fully saturated rings. The van der Waals surface area contributed by atoms with Gasteiger partial charge in [0.1, 0.15) is 10.6 Å². The van der Waals surface area contributed by atoms with E-state index in [4.69, 9.17) is 11.6 Å². The van der Waals surface area contributed by atoms with E-state index in [2.05, 4.69) is 10.3 Å². The molecular weight excluding hydrogens is 335 g/mol. The number of pyridine rings is 1. The first-order valence-corrected chi connectivity index (χ1v) is 8.20. The predicted molar refractivity (Wildman–Crippen MR) is 93.2 cm³/mol. The summed E-state index contributed by atoms with van der Waals surface area (Å²) in [6.07, 6.45) is 0. The normalized spacial score (nSPS) is 11.0. The minimum Gasteiger partial charge on any atom is -0.321 e. The number of carbonyl (C=O) groups excluding carboxylic acids is 1. The van der Waals surface area contributed by atoms with Crippen molar-refractivity contribution in [2.45, 2.75) is 20.8 Å². The van der Waals surface area contributed by atoms with Crippen LogP contribution in [-0.4, -0.2) is 10.9 Å². The average molecular weight is 349 g/mol. The summed E-state index contributed by atoms with van der Waals surface area (Å²) >= 11 is 7.10. The second-order valence-electron chi connectivity index (χ2n) is 5.40. The molecule has 0 saturated carbocycles. The Morgan fingerprint density at radius 1 is 1.26 bits per heavy atom. The molecule has 6 heteroatoms. The minimum absolute atomic E-state index is 0.0241. The van der Waals surface area contributed by atoms with Gasteiger partial charge < -0.3 is 5.32 Å². The number of fused-ring (bicyclic) bond motifs is 1. The Hall–Kier alpha value is -1.98. The van der Waals surface area contributed by atoms with Crippen LogP contribution in [0.5, 0.6) is 0 Å². The predicted octanol–water partition coefficient (Wildman–Crippen LogP) is 5.27. The standard InChI is InChI=1S/C17H14ClFN2OS/c1-8-6-9(2)20-17-14(8)10(3)15(23-17)16(22)21-11-4-5-13(19)12(18)7-11/h4-7H,1-3H3,(H,21,22). The van der Waals surface area contributed by atoms with Crippen LogP contribution in [0.3, 0.4) is 0 Å². The summed E-state index contributed by atoms with van der Waals surface area (Å²) < 4.78 is 13.2. The molecule has 2 aromatic heterocycles. The number of nitrogens with zero attached hydrogens (tertiary/aromatic N) is 1. The zero-order valence-corrected chi connectivity index (χ0v) is 14.4. The van der Waals surface area contributed by atoms with Gasteiger partial charge >= 0.3 is 0 Å². The van der Waals surface area contributed by atoms with Crippen molar-refractivity contribution in [1.82, 2.24) is 4.98 Å². The lowest BCUT2D eigenvalue weighted by atomic mass is 10.1. The Morgan fingerprint density at radius 3 is 2.70 bits per heavy atom. The van der Waals surface area contributed by atoms with Crippen LogP contribution in [0.25, 0.3) is 10.2 Å². The maximum Gasteiger partial charge on any atom is 0.266 e. The van der Waals surface area contributed by atoms with E-state index in [0.717, 1.165) is 27.0 Å². The molecule has 3 rings (SSSR count). The van der Waals surface area contributed by atoms with Gasteiger partial charge in [-0.2, -0.15) is 0 Å². The summed E-state index contributed by atoms with van der Waals surface area (Å²) in [5, 5.41) is 3.75. The SMILES string of the molecule is Cc1cc(C)c2c(C)c(C(=O)Nc3ccc(F)c(Cl)c3)sc2n1. The number of benzene rings is 1. The lowest BCUT2D eigenvalue weighted by molar-refractivity contribution is 0.103. The van der Waals surface area contributed by atoms with E-state index in [1.54, 1.807) is 0 Å². The van der Waals surface area contributed by atoms with Crippen molar-refractivity contribution in [1.29, 1.82) is 0 Å². The van der Waals surface area contributed by atoms with Crippen LogP contribution >= 0.6 is 22.9 Å². The summed E-state index contributed by atoms with van der Waals surface area (Å²) in [7, 11) is 0. The molecule has 1 N–H and O–H groups in total. The fourth-order valence-corrected chi connectivity index (χ4v) is 3.98. The Balaban J connectivity index is 1.99. The van der Waals surface area contributed by atoms with Crippen molar-refractivity contribution in [3.8, 4) is 0 Å². The van der Waals surface area contributed by atoms with Crippen LogP contribution in [0.1, 0.15) is 26.5 Å². The third kappa shape index (κ3) is 2.94. The topological polar surface area (TPSA) is 42.0 Å². The van der Waals surface area contributed by atoms with Crippen molar-refractivity contribution in [3.63, 3.8) is 0 Å². The molecule has 118 valence electrons. The molecule has 1 aromatic carbocycles. The fourth-order valence-electron chi connectivity index (χ4n) is 2.60. The van der Waals surface area contributed by atoms with Gasteiger partial charge in [-0.25, -0.2) is 9.37 Å². The first-order valence-electron chi connectivity index (χ1n) is 7.00. The van der Waals surface area contributed by atoms with Gasteiger partial charge in [0.05, 0.1) is 9.90 Å². The molecule has 0 spiro atoms. The number of carbonyl (C=O) groups is 1. The average Bonchev–Trinajstić information content (AvgIpc) is 2.80. The van der Waals surface area contributed by atoms with Crippen LogP contribution in [0, 0.1) is 26.6 Å². The molecule has 1 amide bonds. The first kappa shape index (κ1) is 15.9. The number of rotatable bonds is 2. The number of amides is 1. The molecule has 23 heavy (non-hydrogen) atoms. The molecule has 3 aromatic rings. The summed E-state index contributed by atoms with van der Waals surface area (Å²) in [5.41, 5.74) is 3.39. The fraction of sp³-hybridized carbons (Fsp3) is 0.176. The van der Waals surface area contributed by atoms with Crippen LogP contribution in [0.4, 0.5) is 10.1 Å². The van der Waals surface area contributed by atoms with Gasteiger partial charge in [0, 0.05) is 16.8 Å². The molecule has 0 aliphatic carbocycles. The summed E-state index contributed by atoms with van der Waals surface area (Å²) in [5.74, 6) is -0.761. The van der Waals surface area contributed by atoms with Gasteiger partial charge in [0.25, 0.3) is 5.91 Å². The quantitative estimate of drug-likeness (QED) is 0.685. The van der Waals surface area contributed by atoms with E-state index in [0.29, 0.717) is 10.6 Å². The molecule has 0 radical (unpaired) electrons. The lowest BCUT2D eigenvalue weighted by Gasteiger charge is -2.05. The highest BCUT2D eigenvalue weighted by Gasteiger charge is 2.18. The molecule has 0 aliphatic heterocycles. The number of hydrogen-bond donors (Lipinski definition) is 1. The van der Waals surface area contributed by atoms with Gasteiger partial charge in [-0.05, 0) is 56.2 Å². The third-order valence-electron chi connectivity index (χ3n) is 3.61. The molecule has 0 aliphatic rings. The van der Waals surface area contributed by atoms with Crippen LogP contribution in [0.2, 0.25) is 5.02 Å². The molecular formula is C17H14ClFN2OS. The van der Waals surface area contributed by atoms with E-state index >= 15 is 0 Å². The van der Waals surface area contributed by atoms with E-state index in [1.165, 1.54) is 29.5 Å². The minimum atomic E-state index is -0.516. The summed E-state index contributed by atoms with van der Waals surface area (Å²) in [6, 6.07) is 6.11. The smallest absolute Gasteiger partial charge is 0.266 e. The summed E-state index contributed by atoms with van der Waals surface area (Å²) in [6.45, 7) is 5.86. The van der Waals surface area contributed by atoms with Gasteiger partial charge in [-0.3, -0.25) is 4.79 Å². The van der Waals surface area contributed by atoms with Crippen molar-refractivity contribution in [2.24, 2.45) is 0 Å². The van der Waals surface area contributed by atoms with Crippen molar-refractivity contribution in [2.75, 3.05) is 5.32 Å². The maximum absolute atomic E-state index is 13.2. The molecule has 0 saturated heterocycles. The number of hydrogen-bond acceptors (Lipinski definition) is 3. The highest BCUT2D eigenvalue weighted by Crippen LogP contribution is 2.33. The van der Waals surface area contributed by atoms with Crippen molar-refractivity contribution < 1.29 is 9.18 Å². The number of anilines is 1.